The normalized spacial score (nSPS) is 13.4. The largest absolute Gasteiger partial charge is 0.451 e. The molecule has 4 heteroatoms. The molecule has 0 saturated heterocycles. The minimum Gasteiger partial charge on any atom is -0.451 e. The van der Waals surface area contributed by atoms with E-state index in [1.165, 1.54) is 11.9 Å². The Balaban J connectivity index is 2.11. The highest BCUT2D eigenvalue weighted by atomic mass is 35.5. The Hall–Kier alpha value is -1.87. The first-order valence-corrected chi connectivity index (χ1v) is 6.22. The summed E-state index contributed by atoms with van der Waals surface area (Å²) in [5, 5.41) is 0.381. The van der Waals surface area contributed by atoms with Crippen LogP contribution in [0.3, 0.4) is 0 Å². The molecule has 4 rings (SSSR count). The van der Waals surface area contributed by atoms with Crippen LogP contribution in [0.15, 0.2) is 35.0 Å². The van der Waals surface area contributed by atoms with E-state index in [0.29, 0.717) is 10.7 Å². The quantitative estimate of drug-likeness (QED) is 0.577. The molecule has 0 unspecified atom stereocenters. The Bertz CT molecular complexity index is 764. The van der Waals surface area contributed by atoms with E-state index in [2.05, 4.69) is 28.2 Å². The van der Waals surface area contributed by atoms with Gasteiger partial charge in [-0.15, -0.1) is 0 Å². The third kappa shape index (κ3) is 1.25. The maximum absolute atomic E-state index is 6.06. The van der Waals surface area contributed by atoms with Crippen molar-refractivity contribution in [3.8, 4) is 11.3 Å². The van der Waals surface area contributed by atoms with Crippen molar-refractivity contribution in [3.63, 3.8) is 0 Å². The number of halogens is 1. The molecule has 1 aliphatic carbocycles. The lowest BCUT2D eigenvalue weighted by Gasteiger charge is -2.14. The Morgan fingerprint density at radius 2 is 2.00 bits per heavy atom. The molecule has 1 aliphatic rings. The van der Waals surface area contributed by atoms with Gasteiger partial charge in [0, 0.05) is 11.1 Å². The van der Waals surface area contributed by atoms with Gasteiger partial charge in [-0.3, -0.25) is 0 Å². The number of rotatable bonds is 0. The monoisotopic (exact) mass is 256 g/mol. The molecule has 0 fully saturated rings. The van der Waals surface area contributed by atoms with Crippen LogP contribution in [0.25, 0.3) is 22.4 Å². The summed E-state index contributed by atoms with van der Waals surface area (Å²) < 4.78 is 5.89. The van der Waals surface area contributed by atoms with Gasteiger partial charge in [0.15, 0.2) is 10.7 Å². The molecule has 88 valence electrons. The van der Waals surface area contributed by atoms with Gasteiger partial charge in [-0.25, -0.2) is 9.97 Å². The van der Waals surface area contributed by atoms with Crippen LogP contribution in [0.4, 0.5) is 0 Å². The van der Waals surface area contributed by atoms with Crippen LogP contribution >= 0.6 is 11.6 Å². The highest BCUT2D eigenvalue weighted by molar-refractivity contribution is 6.33. The number of aryl methyl sites for hydroxylation is 2. The number of fused-ring (bicyclic) bond motifs is 5. The van der Waals surface area contributed by atoms with Crippen LogP contribution < -0.4 is 0 Å². The van der Waals surface area contributed by atoms with Crippen LogP contribution in [0.5, 0.6) is 0 Å². The number of benzene rings is 1. The van der Waals surface area contributed by atoms with Crippen molar-refractivity contribution >= 4 is 22.7 Å². The lowest BCUT2D eigenvalue weighted by Crippen LogP contribution is -2.01. The van der Waals surface area contributed by atoms with Crippen molar-refractivity contribution in [1.82, 2.24) is 9.97 Å². The predicted octanol–water partition coefficient (Wildman–Crippen LogP) is 3.64. The zero-order valence-corrected chi connectivity index (χ0v) is 10.2. The fraction of sp³-hybridized carbons (Fsp3) is 0.143. The van der Waals surface area contributed by atoms with E-state index in [4.69, 9.17) is 16.0 Å². The van der Waals surface area contributed by atoms with Crippen molar-refractivity contribution < 1.29 is 4.42 Å². The molecular formula is C14H9ClN2O. The number of furan rings is 1. The van der Waals surface area contributed by atoms with Crippen LogP contribution in [-0.4, -0.2) is 9.97 Å². The molecule has 1 aromatic carbocycles. The molecule has 0 bridgehead atoms. The third-order valence-corrected chi connectivity index (χ3v) is 3.70. The van der Waals surface area contributed by atoms with Gasteiger partial charge in [0.1, 0.15) is 17.6 Å². The predicted molar refractivity (Wildman–Crippen MR) is 69.7 cm³/mol. The molecule has 0 radical (unpaired) electrons. The fourth-order valence-corrected chi connectivity index (χ4v) is 2.77. The molecule has 0 atom stereocenters. The van der Waals surface area contributed by atoms with E-state index in [9.17, 15) is 0 Å². The van der Waals surface area contributed by atoms with E-state index in [1.807, 2.05) is 6.07 Å². The lowest BCUT2D eigenvalue weighted by molar-refractivity contribution is 0.619. The SMILES string of the molecule is Clc1ncnc2c3c(oc12)-c1ccccc1CC3. The fourth-order valence-electron chi connectivity index (χ4n) is 2.60. The summed E-state index contributed by atoms with van der Waals surface area (Å²) >= 11 is 6.06. The minimum absolute atomic E-state index is 0.381. The van der Waals surface area contributed by atoms with E-state index in [-0.39, 0.29) is 0 Å². The molecule has 2 heterocycles. The first kappa shape index (κ1) is 10.1. The van der Waals surface area contributed by atoms with Crippen LogP contribution in [-0.2, 0) is 12.8 Å². The second kappa shape index (κ2) is 3.56. The van der Waals surface area contributed by atoms with Crippen molar-refractivity contribution in [3.05, 3.63) is 46.9 Å². The van der Waals surface area contributed by atoms with E-state index in [0.717, 1.165) is 35.2 Å². The van der Waals surface area contributed by atoms with Crippen molar-refractivity contribution in [2.45, 2.75) is 12.8 Å². The molecule has 0 amide bonds. The number of hydrogen-bond donors (Lipinski definition) is 0. The van der Waals surface area contributed by atoms with Crippen LogP contribution in [0.2, 0.25) is 5.15 Å². The Morgan fingerprint density at radius 3 is 2.94 bits per heavy atom. The summed E-state index contributed by atoms with van der Waals surface area (Å²) in [6, 6.07) is 8.30. The van der Waals surface area contributed by atoms with Gasteiger partial charge < -0.3 is 4.42 Å². The van der Waals surface area contributed by atoms with Gasteiger partial charge in [-0.1, -0.05) is 35.9 Å². The zero-order chi connectivity index (χ0) is 12.1. The number of hydrogen-bond acceptors (Lipinski definition) is 3. The van der Waals surface area contributed by atoms with Gasteiger partial charge in [0.25, 0.3) is 0 Å². The van der Waals surface area contributed by atoms with E-state index >= 15 is 0 Å². The molecule has 0 N–H and O–H groups in total. The first-order chi connectivity index (χ1) is 8.84. The first-order valence-electron chi connectivity index (χ1n) is 5.85. The van der Waals surface area contributed by atoms with Crippen molar-refractivity contribution in [2.75, 3.05) is 0 Å². The number of aromatic nitrogens is 2. The number of nitrogens with zero attached hydrogens (tertiary/aromatic N) is 2. The van der Waals surface area contributed by atoms with Crippen LogP contribution in [0, 0.1) is 0 Å². The molecule has 18 heavy (non-hydrogen) atoms. The van der Waals surface area contributed by atoms with Gasteiger partial charge in [0.05, 0.1) is 0 Å². The summed E-state index contributed by atoms with van der Waals surface area (Å²) in [7, 11) is 0. The molecule has 0 aliphatic heterocycles. The smallest absolute Gasteiger partial charge is 0.190 e. The average molecular weight is 257 g/mol. The Morgan fingerprint density at radius 1 is 1.11 bits per heavy atom. The van der Waals surface area contributed by atoms with E-state index < -0.39 is 0 Å². The Labute approximate surface area is 108 Å². The summed E-state index contributed by atoms with van der Waals surface area (Å²) in [5.41, 5.74) is 5.05. The zero-order valence-electron chi connectivity index (χ0n) is 9.48. The second-order valence-corrected chi connectivity index (χ2v) is 4.77. The molecule has 2 aromatic heterocycles. The summed E-state index contributed by atoms with van der Waals surface area (Å²) in [5.74, 6) is 0.897. The van der Waals surface area contributed by atoms with Gasteiger partial charge >= 0.3 is 0 Å². The van der Waals surface area contributed by atoms with Crippen molar-refractivity contribution in [1.29, 1.82) is 0 Å². The Kier molecular flexibility index (Phi) is 2.00. The second-order valence-electron chi connectivity index (χ2n) is 4.41. The molecule has 3 nitrogen and oxygen atoms in total. The molecule has 0 saturated carbocycles. The topological polar surface area (TPSA) is 38.9 Å². The molecule has 3 aromatic rings. The minimum atomic E-state index is 0.381. The summed E-state index contributed by atoms with van der Waals surface area (Å²) in [6.07, 6.45) is 3.44. The van der Waals surface area contributed by atoms with Crippen molar-refractivity contribution in [2.24, 2.45) is 0 Å². The van der Waals surface area contributed by atoms with Gasteiger partial charge in [0.2, 0.25) is 0 Å². The maximum atomic E-state index is 6.06. The van der Waals surface area contributed by atoms with E-state index in [1.54, 1.807) is 0 Å². The van der Waals surface area contributed by atoms with Gasteiger partial charge in [-0.05, 0) is 18.4 Å². The standard InChI is InChI=1S/C14H9ClN2O/c15-14-13-11(16-7-17-14)10-6-5-8-3-1-2-4-9(8)12(10)18-13/h1-4,7H,5-6H2. The highest BCUT2D eigenvalue weighted by Gasteiger charge is 2.24. The van der Waals surface area contributed by atoms with Gasteiger partial charge in [-0.2, -0.15) is 0 Å². The summed E-state index contributed by atoms with van der Waals surface area (Å²) in [6.45, 7) is 0. The molecule has 0 spiro atoms. The highest BCUT2D eigenvalue weighted by Crippen LogP contribution is 2.40. The molecular weight excluding hydrogens is 248 g/mol. The summed E-state index contributed by atoms with van der Waals surface area (Å²) in [4.78, 5) is 8.27. The third-order valence-electron chi connectivity index (χ3n) is 3.43. The average Bonchev–Trinajstić information content (AvgIpc) is 2.79. The van der Waals surface area contributed by atoms with Crippen LogP contribution in [0.1, 0.15) is 11.1 Å². The maximum Gasteiger partial charge on any atom is 0.190 e. The lowest BCUT2D eigenvalue weighted by atomic mass is 9.90.